The molecule has 0 unspecified atom stereocenters. The van der Waals surface area contributed by atoms with Gasteiger partial charge in [-0.3, -0.25) is 4.31 Å². The number of fused-ring (bicyclic) bond motifs is 2. The number of rotatable bonds is 5. The van der Waals surface area contributed by atoms with E-state index in [2.05, 4.69) is 0 Å². The first kappa shape index (κ1) is 21.6. The highest BCUT2D eigenvalue weighted by Gasteiger charge is 2.53. The van der Waals surface area contributed by atoms with Crippen LogP contribution in [0, 0.1) is 6.92 Å². The van der Waals surface area contributed by atoms with Gasteiger partial charge in [0.1, 0.15) is 22.9 Å². The van der Waals surface area contributed by atoms with Gasteiger partial charge < -0.3 is 14.9 Å². The van der Waals surface area contributed by atoms with E-state index in [1.165, 1.54) is 4.31 Å². The molecule has 2 aliphatic heterocycles. The summed E-state index contributed by atoms with van der Waals surface area (Å²) in [6.07, 6.45) is -0.670. The van der Waals surface area contributed by atoms with Crippen molar-refractivity contribution in [1.29, 1.82) is 0 Å². The molecule has 0 aliphatic carbocycles. The van der Waals surface area contributed by atoms with Gasteiger partial charge in [0.05, 0.1) is 11.8 Å². The van der Waals surface area contributed by atoms with Crippen LogP contribution in [-0.4, -0.2) is 43.1 Å². The van der Waals surface area contributed by atoms with Crippen molar-refractivity contribution in [3.8, 4) is 11.5 Å². The van der Waals surface area contributed by atoms with E-state index in [1.807, 2.05) is 31.2 Å². The van der Waals surface area contributed by atoms with Gasteiger partial charge in [-0.05, 0) is 72.0 Å². The molecule has 1 saturated heterocycles. The van der Waals surface area contributed by atoms with Crippen LogP contribution in [0.3, 0.4) is 0 Å². The Morgan fingerprint density at radius 3 is 1.88 bits per heavy atom. The van der Waals surface area contributed by atoms with Gasteiger partial charge in [-0.2, -0.15) is 0 Å². The number of benzene rings is 3. The zero-order valence-corrected chi connectivity index (χ0v) is 19.2. The van der Waals surface area contributed by atoms with E-state index in [0.717, 1.165) is 27.8 Å². The molecule has 170 valence electrons. The first-order valence-electron chi connectivity index (χ1n) is 10.8. The molecule has 2 aliphatic rings. The lowest BCUT2D eigenvalue weighted by Crippen LogP contribution is -2.42. The molecule has 0 aromatic heterocycles. The number of sulfonamides is 1. The summed E-state index contributed by atoms with van der Waals surface area (Å²) in [5.41, 5.74) is 5.09. The van der Waals surface area contributed by atoms with Gasteiger partial charge in [0, 0.05) is 7.05 Å². The van der Waals surface area contributed by atoms with Crippen LogP contribution in [0.2, 0.25) is 0 Å². The van der Waals surface area contributed by atoms with Gasteiger partial charge in [-0.25, -0.2) is 8.42 Å². The average Bonchev–Trinajstić information content (AvgIpc) is 3.40. The van der Waals surface area contributed by atoms with E-state index < -0.39 is 21.4 Å². The molecule has 2 N–H and O–H groups in total. The van der Waals surface area contributed by atoms with Crippen LogP contribution in [-0.2, 0) is 14.8 Å². The Morgan fingerprint density at radius 1 is 0.818 bits per heavy atom. The molecule has 1 fully saturated rings. The van der Waals surface area contributed by atoms with Crippen molar-refractivity contribution < 1.29 is 23.4 Å². The first-order chi connectivity index (χ1) is 15.8. The molecule has 7 heteroatoms. The van der Waals surface area contributed by atoms with E-state index in [-0.39, 0.29) is 17.6 Å². The summed E-state index contributed by atoms with van der Waals surface area (Å²) >= 11 is 0. The largest absolute Gasteiger partial charge is 0.508 e. The van der Waals surface area contributed by atoms with Gasteiger partial charge >= 0.3 is 0 Å². The Bertz CT molecular complexity index is 1310. The number of hydrogen-bond acceptors (Lipinski definition) is 5. The summed E-state index contributed by atoms with van der Waals surface area (Å²) in [7, 11) is -2.13. The maximum Gasteiger partial charge on any atom is 0.240 e. The fourth-order valence-corrected chi connectivity index (χ4v) is 6.50. The van der Waals surface area contributed by atoms with E-state index in [0.29, 0.717) is 12.1 Å². The highest BCUT2D eigenvalue weighted by molar-refractivity contribution is 7.93. The van der Waals surface area contributed by atoms with Crippen molar-refractivity contribution in [2.75, 3.05) is 11.4 Å². The van der Waals surface area contributed by atoms with Gasteiger partial charge in [-0.1, -0.05) is 42.0 Å². The predicted molar refractivity (Wildman–Crippen MR) is 129 cm³/mol. The zero-order valence-electron chi connectivity index (χ0n) is 18.3. The van der Waals surface area contributed by atoms with E-state index in [9.17, 15) is 18.6 Å². The van der Waals surface area contributed by atoms with Crippen molar-refractivity contribution in [2.24, 2.45) is 0 Å². The number of ether oxygens (including phenoxy) is 1. The molecule has 2 bridgehead atoms. The lowest BCUT2D eigenvalue weighted by molar-refractivity contribution is 0.128. The quantitative estimate of drug-likeness (QED) is 0.588. The van der Waals surface area contributed by atoms with Crippen LogP contribution < -0.4 is 4.31 Å². The third-order valence-electron chi connectivity index (χ3n) is 6.51. The fourth-order valence-electron chi connectivity index (χ4n) is 4.75. The molecule has 0 spiro atoms. The van der Waals surface area contributed by atoms with Crippen LogP contribution in [0.15, 0.2) is 72.8 Å². The smallest absolute Gasteiger partial charge is 0.240 e. The second-order valence-corrected chi connectivity index (χ2v) is 10.8. The van der Waals surface area contributed by atoms with Crippen LogP contribution in [0.5, 0.6) is 11.5 Å². The predicted octanol–water partition coefficient (Wildman–Crippen LogP) is 4.32. The first-order valence-corrected chi connectivity index (χ1v) is 12.3. The van der Waals surface area contributed by atoms with Crippen molar-refractivity contribution in [1.82, 2.24) is 0 Å². The van der Waals surface area contributed by atoms with Crippen molar-refractivity contribution in [2.45, 2.75) is 30.8 Å². The van der Waals surface area contributed by atoms with Crippen LogP contribution >= 0.6 is 0 Å². The van der Waals surface area contributed by atoms with E-state index in [1.54, 1.807) is 55.6 Å². The van der Waals surface area contributed by atoms with Crippen LogP contribution in [0.4, 0.5) is 5.69 Å². The third-order valence-corrected chi connectivity index (χ3v) is 8.69. The molecular formula is C26H25NO5S. The Labute approximate surface area is 193 Å². The molecule has 0 radical (unpaired) electrons. The minimum absolute atomic E-state index is 0.137. The molecule has 5 rings (SSSR count). The normalized spacial score (nSPS) is 22.1. The third kappa shape index (κ3) is 3.67. The number of phenols is 2. The molecule has 3 atom stereocenters. The number of nitrogens with zero attached hydrogens (tertiary/aromatic N) is 1. The minimum Gasteiger partial charge on any atom is -0.508 e. The van der Waals surface area contributed by atoms with Gasteiger partial charge in [-0.15, -0.1) is 0 Å². The highest BCUT2D eigenvalue weighted by atomic mass is 32.2. The van der Waals surface area contributed by atoms with Crippen molar-refractivity contribution in [3.05, 3.63) is 89.5 Å². The summed E-state index contributed by atoms with van der Waals surface area (Å²) in [5, 5.41) is 18.7. The second kappa shape index (κ2) is 7.93. The van der Waals surface area contributed by atoms with Crippen molar-refractivity contribution in [3.63, 3.8) is 0 Å². The van der Waals surface area contributed by atoms with Gasteiger partial charge in [0.15, 0.2) is 0 Å². The molecule has 2 heterocycles. The Hall–Kier alpha value is -3.29. The topological polar surface area (TPSA) is 87.1 Å². The van der Waals surface area contributed by atoms with E-state index >= 15 is 0 Å². The Morgan fingerprint density at radius 2 is 1.33 bits per heavy atom. The number of phenolic OH excluding ortho intramolecular Hbond substituents is 2. The molecule has 3 aromatic rings. The van der Waals surface area contributed by atoms with Crippen molar-refractivity contribution >= 4 is 26.9 Å². The SMILES string of the molecule is Cc1ccc(N(C)S(=O)(=O)[C@@H]2C[C@@H]3O[C@H]2C(c2ccc(O)cc2)=C3c2ccc(O)cc2)cc1. The maximum atomic E-state index is 13.7. The number of aryl methyl sites for hydroxylation is 1. The average molecular weight is 464 g/mol. The molecule has 0 saturated carbocycles. The lowest BCUT2D eigenvalue weighted by Gasteiger charge is -2.29. The highest BCUT2D eigenvalue weighted by Crippen LogP contribution is 2.51. The number of aromatic hydroxyl groups is 2. The number of hydrogen-bond donors (Lipinski definition) is 2. The zero-order chi connectivity index (χ0) is 23.3. The maximum absolute atomic E-state index is 13.7. The van der Waals surface area contributed by atoms with E-state index in [4.69, 9.17) is 4.74 Å². The summed E-state index contributed by atoms with van der Waals surface area (Å²) in [4.78, 5) is 0. The Balaban J connectivity index is 1.58. The summed E-state index contributed by atoms with van der Waals surface area (Å²) in [6, 6.07) is 21.0. The molecular weight excluding hydrogens is 438 g/mol. The van der Waals surface area contributed by atoms with Gasteiger partial charge in [0.25, 0.3) is 0 Å². The van der Waals surface area contributed by atoms with Crippen LogP contribution in [0.25, 0.3) is 11.1 Å². The standard InChI is InChI=1S/C26H25NO5S/c1-16-3-9-19(10-4-16)27(2)33(30,31)23-15-22-24(17-5-11-20(28)12-6-17)25(26(23)32-22)18-7-13-21(29)14-8-18/h3-14,22-23,26,28-29H,15H2,1-2H3/t22-,23+,26+/m0/s1. The second-order valence-electron chi connectivity index (χ2n) is 8.59. The monoisotopic (exact) mass is 463 g/mol. The fraction of sp³-hybridized carbons (Fsp3) is 0.231. The summed E-state index contributed by atoms with van der Waals surface area (Å²) in [6.45, 7) is 1.96. The number of anilines is 1. The molecule has 0 amide bonds. The molecule has 33 heavy (non-hydrogen) atoms. The molecule has 6 nitrogen and oxygen atoms in total. The summed E-state index contributed by atoms with van der Waals surface area (Å²) in [5.74, 6) is 0.299. The van der Waals surface area contributed by atoms with Crippen LogP contribution in [0.1, 0.15) is 23.1 Å². The lowest BCUT2D eigenvalue weighted by atomic mass is 9.83. The minimum atomic E-state index is -3.71. The Kier molecular flexibility index (Phi) is 5.18. The summed E-state index contributed by atoms with van der Waals surface area (Å²) < 4.78 is 35.0. The van der Waals surface area contributed by atoms with Gasteiger partial charge in [0.2, 0.25) is 10.0 Å². The molecule has 3 aromatic carbocycles.